The predicted octanol–water partition coefficient (Wildman–Crippen LogP) is 5.41. The number of carbonyl (C=O) groups excluding carboxylic acids is 2. The number of hydrogen-bond acceptors (Lipinski definition) is 4. The Morgan fingerprint density at radius 1 is 0.923 bits per heavy atom. The third-order valence-corrected chi connectivity index (χ3v) is 8.36. The molecule has 0 heterocycles. The second-order valence-corrected chi connectivity index (χ2v) is 13.1. The van der Waals surface area contributed by atoms with Crippen molar-refractivity contribution in [2.45, 2.75) is 57.0 Å². The predicted molar refractivity (Wildman–Crippen MR) is 159 cm³/mol. The lowest BCUT2D eigenvalue weighted by molar-refractivity contribution is -0.140. The number of benzene rings is 3. The van der Waals surface area contributed by atoms with Crippen LogP contribution in [0, 0.1) is 0 Å². The van der Waals surface area contributed by atoms with Gasteiger partial charge in [-0.2, -0.15) is 0 Å². The van der Waals surface area contributed by atoms with Crippen LogP contribution in [-0.4, -0.2) is 49.8 Å². The number of hydrogen-bond donors (Lipinski definition) is 1. The quantitative estimate of drug-likeness (QED) is 0.313. The summed E-state index contributed by atoms with van der Waals surface area (Å²) in [6.45, 7) is 7.31. The average molecular weight is 615 g/mol. The molecular formula is C30H36BrN3O4S. The van der Waals surface area contributed by atoms with Crippen molar-refractivity contribution in [3.8, 4) is 0 Å². The summed E-state index contributed by atoms with van der Waals surface area (Å²) in [5.74, 6) is -0.729. The first-order valence-electron chi connectivity index (χ1n) is 12.9. The molecular weight excluding hydrogens is 578 g/mol. The molecule has 0 aromatic heterocycles. The van der Waals surface area contributed by atoms with Crippen molar-refractivity contribution in [1.82, 2.24) is 10.2 Å². The van der Waals surface area contributed by atoms with E-state index in [2.05, 4.69) is 21.2 Å². The molecule has 0 aliphatic heterocycles. The molecule has 0 aliphatic rings. The highest BCUT2D eigenvalue weighted by Crippen LogP contribution is 2.27. The Morgan fingerprint density at radius 2 is 1.54 bits per heavy atom. The van der Waals surface area contributed by atoms with Gasteiger partial charge in [0.05, 0.1) is 10.6 Å². The highest BCUT2D eigenvalue weighted by atomic mass is 79.9. The van der Waals surface area contributed by atoms with Crippen molar-refractivity contribution >= 4 is 43.5 Å². The summed E-state index contributed by atoms with van der Waals surface area (Å²) in [5.41, 5.74) is 0.872. The minimum absolute atomic E-state index is 0.0751. The maximum absolute atomic E-state index is 14.0. The third-order valence-electron chi connectivity index (χ3n) is 6.07. The Balaban J connectivity index is 2.01. The van der Waals surface area contributed by atoms with Crippen LogP contribution in [0.15, 0.2) is 94.3 Å². The van der Waals surface area contributed by atoms with Crippen molar-refractivity contribution in [2.75, 3.05) is 17.4 Å². The molecule has 0 saturated carbocycles. The van der Waals surface area contributed by atoms with Crippen molar-refractivity contribution in [3.63, 3.8) is 0 Å². The van der Waals surface area contributed by atoms with Gasteiger partial charge in [0.25, 0.3) is 10.0 Å². The van der Waals surface area contributed by atoms with Gasteiger partial charge in [-0.1, -0.05) is 77.5 Å². The summed E-state index contributed by atoms with van der Waals surface area (Å²) in [6, 6.07) is 23.8. The zero-order valence-corrected chi connectivity index (χ0v) is 25.2. The Kier molecular flexibility index (Phi) is 10.3. The first kappa shape index (κ1) is 30.4. The van der Waals surface area contributed by atoms with E-state index in [0.29, 0.717) is 23.0 Å². The molecule has 0 saturated heterocycles. The molecule has 0 radical (unpaired) electrons. The van der Waals surface area contributed by atoms with E-state index >= 15 is 0 Å². The standard InChI is InChI=1S/C30H36BrN3O4S/c1-5-27(29(36)32-30(2,3)4)33(20-19-23-13-8-6-9-14-23)28(35)22-34(25-16-12-15-24(31)21-25)39(37,38)26-17-10-7-11-18-26/h6-18,21,27H,5,19-20,22H2,1-4H3,(H,32,36)/t27-/m0/s1. The zero-order chi connectivity index (χ0) is 28.6. The smallest absolute Gasteiger partial charge is 0.264 e. The van der Waals surface area contributed by atoms with E-state index in [1.807, 2.05) is 58.0 Å². The van der Waals surface area contributed by atoms with Crippen LogP contribution in [0.25, 0.3) is 0 Å². The van der Waals surface area contributed by atoms with Gasteiger partial charge in [-0.3, -0.25) is 13.9 Å². The van der Waals surface area contributed by atoms with Gasteiger partial charge in [-0.05, 0) is 69.5 Å². The van der Waals surface area contributed by atoms with E-state index in [-0.39, 0.29) is 17.3 Å². The van der Waals surface area contributed by atoms with E-state index in [0.717, 1.165) is 9.87 Å². The van der Waals surface area contributed by atoms with Crippen LogP contribution >= 0.6 is 15.9 Å². The molecule has 0 fully saturated rings. The fourth-order valence-corrected chi connectivity index (χ4v) is 6.04. The lowest BCUT2D eigenvalue weighted by Gasteiger charge is -2.34. The number of rotatable bonds is 11. The Hall–Kier alpha value is -3.17. The highest BCUT2D eigenvalue weighted by molar-refractivity contribution is 9.10. The molecule has 2 amide bonds. The maximum atomic E-state index is 14.0. The summed E-state index contributed by atoms with van der Waals surface area (Å²) in [4.78, 5) is 28.9. The van der Waals surface area contributed by atoms with Gasteiger partial charge >= 0.3 is 0 Å². The maximum Gasteiger partial charge on any atom is 0.264 e. The van der Waals surface area contributed by atoms with Gasteiger partial charge in [0, 0.05) is 16.6 Å². The van der Waals surface area contributed by atoms with E-state index in [1.54, 1.807) is 42.5 Å². The van der Waals surface area contributed by atoms with Crippen LogP contribution in [0.4, 0.5) is 5.69 Å². The van der Waals surface area contributed by atoms with Crippen LogP contribution in [0.5, 0.6) is 0 Å². The highest BCUT2D eigenvalue weighted by Gasteiger charge is 2.34. The SMILES string of the molecule is CC[C@@H](C(=O)NC(C)(C)C)N(CCc1ccccc1)C(=O)CN(c1cccc(Br)c1)S(=O)(=O)c1ccccc1. The average Bonchev–Trinajstić information content (AvgIpc) is 2.89. The molecule has 3 aromatic carbocycles. The van der Waals surface area contributed by atoms with Gasteiger partial charge in [-0.25, -0.2) is 8.42 Å². The normalized spacial score (nSPS) is 12.4. The number of halogens is 1. The van der Waals surface area contributed by atoms with Gasteiger partial charge in [0.1, 0.15) is 12.6 Å². The van der Waals surface area contributed by atoms with Gasteiger partial charge in [0.15, 0.2) is 0 Å². The van der Waals surface area contributed by atoms with Crippen molar-refractivity contribution in [3.05, 3.63) is 95.0 Å². The number of carbonyl (C=O) groups is 2. The Morgan fingerprint density at radius 3 is 2.10 bits per heavy atom. The fraction of sp³-hybridized carbons (Fsp3) is 0.333. The van der Waals surface area contributed by atoms with Crippen LogP contribution in [-0.2, 0) is 26.0 Å². The molecule has 0 aliphatic carbocycles. The minimum atomic E-state index is -4.08. The van der Waals surface area contributed by atoms with E-state index in [1.165, 1.54) is 17.0 Å². The van der Waals surface area contributed by atoms with Crippen LogP contribution in [0.1, 0.15) is 39.7 Å². The van der Waals surface area contributed by atoms with Crippen LogP contribution < -0.4 is 9.62 Å². The topological polar surface area (TPSA) is 86.8 Å². The number of anilines is 1. The Labute approximate surface area is 240 Å². The van der Waals surface area contributed by atoms with Gasteiger partial charge < -0.3 is 10.2 Å². The lowest BCUT2D eigenvalue weighted by atomic mass is 10.1. The van der Waals surface area contributed by atoms with E-state index in [4.69, 9.17) is 0 Å². The summed E-state index contributed by atoms with van der Waals surface area (Å²) in [5, 5.41) is 2.98. The second kappa shape index (κ2) is 13.3. The van der Waals surface area contributed by atoms with Crippen molar-refractivity contribution in [1.29, 1.82) is 0 Å². The molecule has 0 spiro atoms. The summed E-state index contributed by atoms with van der Waals surface area (Å²) < 4.78 is 29.4. The summed E-state index contributed by atoms with van der Waals surface area (Å²) in [7, 11) is -4.08. The van der Waals surface area contributed by atoms with Crippen molar-refractivity contribution in [2.24, 2.45) is 0 Å². The van der Waals surface area contributed by atoms with Gasteiger partial charge in [-0.15, -0.1) is 0 Å². The molecule has 9 heteroatoms. The first-order chi connectivity index (χ1) is 18.4. The van der Waals surface area contributed by atoms with Crippen LogP contribution in [0.3, 0.4) is 0 Å². The number of amides is 2. The van der Waals surface area contributed by atoms with Crippen molar-refractivity contribution < 1.29 is 18.0 Å². The molecule has 0 bridgehead atoms. The molecule has 3 aromatic rings. The largest absolute Gasteiger partial charge is 0.350 e. The lowest BCUT2D eigenvalue weighted by Crippen LogP contribution is -2.56. The van der Waals surface area contributed by atoms with Crippen LogP contribution in [0.2, 0.25) is 0 Å². The first-order valence-corrected chi connectivity index (χ1v) is 15.1. The summed E-state index contributed by atoms with van der Waals surface area (Å²) in [6.07, 6.45) is 0.902. The van der Waals surface area contributed by atoms with E-state index < -0.39 is 34.1 Å². The zero-order valence-electron chi connectivity index (χ0n) is 22.8. The molecule has 1 N–H and O–H groups in total. The minimum Gasteiger partial charge on any atom is -0.350 e. The van der Waals surface area contributed by atoms with Gasteiger partial charge in [0.2, 0.25) is 11.8 Å². The number of nitrogens with one attached hydrogen (secondary N) is 1. The molecule has 208 valence electrons. The fourth-order valence-electron chi connectivity index (χ4n) is 4.23. The molecule has 39 heavy (non-hydrogen) atoms. The van der Waals surface area contributed by atoms with E-state index in [9.17, 15) is 18.0 Å². The molecule has 3 rings (SSSR count). The monoisotopic (exact) mass is 613 g/mol. The molecule has 1 atom stereocenters. The molecule has 7 nitrogen and oxygen atoms in total. The third kappa shape index (κ3) is 8.41. The molecule has 0 unspecified atom stereocenters. The second-order valence-electron chi connectivity index (χ2n) is 10.3. The summed E-state index contributed by atoms with van der Waals surface area (Å²) >= 11 is 3.41. The Bertz CT molecular complexity index is 1360. The number of sulfonamides is 1. The number of nitrogens with zero attached hydrogens (tertiary/aromatic N) is 2.